The third-order valence-electron chi connectivity index (χ3n) is 7.68. The number of hydrogen-bond donors (Lipinski definition) is 0. The SMILES string of the molecule is Cc1cc(-c2cnc3cc(-c4ccc(N5CCN6CCCC6C5)nc4)ccn23)c2cc(F)ccc2n1. The summed E-state index contributed by atoms with van der Waals surface area (Å²) >= 11 is 0. The molecule has 5 aromatic rings. The van der Waals surface area contributed by atoms with E-state index in [1.807, 2.05) is 36.0 Å². The average molecular weight is 479 g/mol. The van der Waals surface area contributed by atoms with E-state index in [1.54, 1.807) is 12.1 Å². The Morgan fingerprint density at radius 1 is 0.917 bits per heavy atom. The zero-order valence-corrected chi connectivity index (χ0v) is 20.2. The number of anilines is 1. The molecule has 2 fully saturated rings. The number of aromatic nitrogens is 4. The largest absolute Gasteiger partial charge is 0.354 e. The molecule has 0 bridgehead atoms. The molecule has 7 heteroatoms. The smallest absolute Gasteiger partial charge is 0.137 e. The van der Waals surface area contributed by atoms with Gasteiger partial charge in [0, 0.05) is 60.3 Å². The topological polar surface area (TPSA) is 49.6 Å². The maximum absolute atomic E-state index is 14.1. The molecular weight excluding hydrogens is 451 g/mol. The van der Waals surface area contributed by atoms with E-state index in [1.165, 1.54) is 25.5 Å². The van der Waals surface area contributed by atoms with Crippen LogP contribution in [-0.4, -0.2) is 56.5 Å². The van der Waals surface area contributed by atoms with Crippen LogP contribution >= 0.6 is 0 Å². The van der Waals surface area contributed by atoms with Crippen molar-refractivity contribution in [1.29, 1.82) is 0 Å². The van der Waals surface area contributed by atoms with Crippen molar-refractivity contribution >= 4 is 22.4 Å². The molecule has 0 saturated carbocycles. The van der Waals surface area contributed by atoms with E-state index < -0.39 is 0 Å². The van der Waals surface area contributed by atoms with E-state index in [2.05, 4.69) is 44.0 Å². The second-order valence-corrected chi connectivity index (χ2v) is 9.94. The second-order valence-electron chi connectivity index (χ2n) is 9.94. The van der Waals surface area contributed by atoms with Crippen LogP contribution in [-0.2, 0) is 0 Å². The number of benzene rings is 1. The summed E-state index contributed by atoms with van der Waals surface area (Å²) in [6, 6.07) is 15.9. The predicted octanol–water partition coefficient (Wildman–Crippen LogP) is 5.34. The standard InChI is InChI=1S/C29H27FN6/c1-19-13-25(24-15-22(30)5-6-26(24)33-19)27-17-32-29-14-20(8-10-36(27)29)21-4-7-28(31-16-21)35-12-11-34-9-2-3-23(34)18-35/h4-8,10,13-17,23H,2-3,9,11-12,18H2,1H3. The molecule has 0 radical (unpaired) electrons. The van der Waals surface area contributed by atoms with Gasteiger partial charge < -0.3 is 4.90 Å². The van der Waals surface area contributed by atoms with Gasteiger partial charge in [-0.3, -0.25) is 14.3 Å². The van der Waals surface area contributed by atoms with Crippen LogP contribution in [0.25, 0.3) is 38.9 Å². The van der Waals surface area contributed by atoms with E-state index >= 15 is 0 Å². The Kier molecular flexibility index (Phi) is 4.99. The third-order valence-corrected chi connectivity index (χ3v) is 7.68. The first-order valence-corrected chi connectivity index (χ1v) is 12.6. The van der Waals surface area contributed by atoms with E-state index in [-0.39, 0.29) is 5.82 Å². The lowest BCUT2D eigenvalue weighted by molar-refractivity contribution is 0.230. The lowest BCUT2D eigenvalue weighted by atomic mass is 10.0. The number of aryl methyl sites for hydroxylation is 1. The highest BCUT2D eigenvalue weighted by atomic mass is 19.1. The molecular formula is C29H27FN6. The summed E-state index contributed by atoms with van der Waals surface area (Å²) in [7, 11) is 0. The van der Waals surface area contributed by atoms with Crippen LogP contribution in [0.2, 0.25) is 0 Å². The van der Waals surface area contributed by atoms with Crippen LogP contribution in [0.5, 0.6) is 0 Å². The molecule has 4 aromatic heterocycles. The molecule has 0 spiro atoms. The van der Waals surface area contributed by atoms with Gasteiger partial charge in [0.25, 0.3) is 0 Å². The monoisotopic (exact) mass is 478 g/mol. The maximum Gasteiger partial charge on any atom is 0.137 e. The maximum atomic E-state index is 14.1. The van der Waals surface area contributed by atoms with Gasteiger partial charge in [0.05, 0.1) is 17.4 Å². The molecule has 1 aromatic carbocycles. The predicted molar refractivity (Wildman–Crippen MR) is 141 cm³/mol. The molecule has 2 aliphatic heterocycles. The molecule has 1 atom stereocenters. The summed E-state index contributed by atoms with van der Waals surface area (Å²) in [6.07, 6.45) is 8.46. The second kappa shape index (κ2) is 8.38. The molecule has 2 aliphatic rings. The number of nitrogens with zero attached hydrogens (tertiary/aromatic N) is 6. The summed E-state index contributed by atoms with van der Waals surface area (Å²) in [5.41, 5.74) is 6.47. The molecule has 1 unspecified atom stereocenters. The Bertz CT molecular complexity index is 1590. The highest BCUT2D eigenvalue weighted by Gasteiger charge is 2.30. The van der Waals surface area contributed by atoms with Crippen LogP contribution in [0.15, 0.2) is 67.1 Å². The zero-order valence-electron chi connectivity index (χ0n) is 20.2. The first kappa shape index (κ1) is 21.4. The van der Waals surface area contributed by atoms with Gasteiger partial charge in [-0.2, -0.15) is 0 Å². The minimum atomic E-state index is -0.272. The number of hydrogen-bond acceptors (Lipinski definition) is 5. The van der Waals surface area contributed by atoms with Gasteiger partial charge in [-0.15, -0.1) is 0 Å². The average Bonchev–Trinajstić information content (AvgIpc) is 3.55. The highest BCUT2D eigenvalue weighted by molar-refractivity contribution is 5.94. The number of rotatable bonds is 3. The van der Waals surface area contributed by atoms with Crippen molar-refractivity contribution in [3.8, 4) is 22.4 Å². The number of fused-ring (bicyclic) bond motifs is 3. The fourth-order valence-corrected chi connectivity index (χ4v) is 5.84. The molecule has 36 heavy (non-hydrogen) atoms. The fraction of sp³-hybridized carbons (Fsp3) is 0.276. The summed E-state index contributed by atoms with van der Waals surface area (Å²) in [4.78, 5) is 19.1. The van der Waals surface area contributed by atoms with Gasteiger partial charge in [-0.25, -0.2) is 14.4 Å². The molecule has 2 saturated heterocycles. The van der Waals surface area contributed by atoms with Gasteiger partial charge in [0.1, 0.15) is 17.3 Å². The molecule has 6 nitrogen and oxygen atoms in total. The molecule has 7 rings (SSSR count). The van der Waals surface area contributed by atoms with Gasteiger partial charge in [0.2, 0.25) is 0 Å². The third kappa shape index (κ3) is 3.62. The summed E-state index contributed by atoms with van der Waals surface area (Å²) < 4.78 is 16.1. The summed E-state index contributed by atoms with van der Waals surface area (Å²) in [5, 5.41) is 0.782. The minimum absolute atomic E-state index is 0.272. The lowest BCUT2D eigenvalue weighted by Crippen LogP contribution is -2.50. The van der Waals surface area contributed by atoms with Crippen molar-refractivity contribution in [2.45, 2.75) is 25.8 Å². The quantitative estimate of drug-likeness (QED) is 0.350. The first-order valence-electron chi connectivity index (χ1n) is 12.6. The molecule has 6 heterocycles. The van der Waals surface area contributed by atoms with E-state index in [9.17, 15) is 4.39 Å². The minimum Gasteiger partial charge on any atom is -0.354 e. The number of piperazine rings is 1. The van der Waals surface area contributed by atoms with Crippen molar-refractivity contribution in [2.24, 2.45) is 0 Å². The van der Waals surface area contributed by atoms with Crippen LogP contribution in [0.4, 0.5) is 10.2 Å². The molecule has 0 aliphatic carbocycles. The van der Waals surface area contributed by atoms with Crippen molar-refractivity contribution < 1.29 is 4.39 Å². The van der Waals surface area contributed by atoms with Gasteiger partial charge in [-0.1, -0.05) is 0 Å². The first-order chi connectivity index (χ1) is 17.6. The molecule has 0 amide bonds. The Hall–Kier alpha value is -3.84. The zero-order chi connectivity index (χ0) is 24.2. The van der Waals surface area contributed by atoms with Crippen molar-refractivity contribution in [3.63, 3.8) is 0 Å². The van der Waals surface area contributed by atoms with Crippen molar-refractivity contribution in [3.05, 3.63) is 78.6 Å². The van der Waals surface area contributed by atoms with E-state index in [0.29, 0.717) is 6.04 Å². The Morgan fingerprint density at radius 2 is 1.86 bits per heavy atom. The van der Waals surface area contributed by atoms with Crippen LogP contribution < -0.4 is 4.90 Å². The van der Waals surface area contributed by atoms with Crippen molar-refractivity contribution in [2.75, 3.05) is 31.1 Å². The Morgan fingerprint density at radius 3 is 2.75 bits per heavy atom. The number of imidazole rings is 1. The van der Waals surface area contributed by atoms with E-state index in [4.69, 9.17) is 4.98 Å². The van der Waals surface area contributed by atoms with Crippen LogP contribution in [0.1, 0.15) is 18.5 Å². The van der Waals surface area contributed by atoms with Gasteiger partial charge in [0.15, 0.2) is 0 Å². The molecule has 0 N–H and O–H groups in total. The van der Waals surface area contributed by atoms with Crippen molar-refractivity contribution in [1.82, 2.24) is 24.3 Å². The summed E-state index contributed by atoms with van der Waals surface area (Å²) in [6.45, 7) is 6.45. The Labute approximate surface area is 209 Å². The van der Waals surface area contributed by atoms with Crippen LogP contribution in [0, 0.1) is 12.7 Å². The number of pyridine rings is 3. The normalized spacial score (nSPS) is 18.3. The van der Waals surface area contributed by atoms with Gasteiger partial charge in [-0.05, 0) is 80.4 Å². The van der Waals surface area contributed by atoms with Gasteiger partial charge >= 0.3 is 0 Å². The lowest BCUT2D eigenvalue weighted by Gasteiger charge is -2.38. The molecule has 180 valence electrons. The van der Waals surface area contributed by atoms with E-state index in [0.717, 1.165) is 70.1 Å². The summed E-state index contributed by atoms with van der Waals surface area (Å²) in [5.74, 6) is 0.785. The fourth-order valence-electron chi connectivity index (χ4n) is 5.84. The van der Waals surface area contributed by atoms with Crippen LogP contribution in [0.3, 0.4) is 0 Å². The number of halogens is 1. The Balaban J connectivity index is 1.20. The highest BCUT2D eigenvalue weighted by Crippen LogP contribution is 2.31.